The van der Waals surface area contributed by atoms with Crippen molar-refractivity contribution in [2.75, 3.05) is 6.54 Å². The molecule has 3 rings (SSSR count). The molecule has 1 saturated carbocycles. The molecule has 1 aliphatic heterocycles. The highest BCUT2D eigenvalue weighted by Crippen LogP contribution is 2.63. The summed E-state index contributed by atoms with van der Waals surface area (Å²) in [6, 6.07) is 0. The number of rotatable bonds is 3. The van der Waals surface area contributed by atoms with E-state index in [0.29, 0.717) is 13.0 Å². The van der Waals surface area contributed by atoms with Crippen LogP contribution in [0.25, 0.3) is 0 Å². The van der Waals surface area contributed by atoms with Gasteiger partial charge >= 0.3 is 0 Å². The lowest BCUT2D eigenvalue weighted by Gasteiger charge is -2.19. The van der Waals surface area contributed by atoms with Gasteiger partial charge in [-0.05, 0) is 5.41 Å². The molecule has 90 valence electrons. The largest absolute Gasteiger partial charge is 0.348 e. The minimum atomic E-state index is -0.112. The lowest BCUT2D eigenvalue weighted by Crippen LogP contribution is -2.37. The summed E-state index contributed by atoms with van der Waals surface area (Å²) in [5.74, 6) is -0.137. The van der Waals surface area contributed by atoms with Crippen LogP contribution >= 0.6 is 0 Å². The van der Waals surface area contributed by atoms with Crippen molar-refractivity contribution in [3.05, 3.63) is 18.2 Å². The maximum Gasteiger partial charge on any atom is 0.233 e. The van der Waals surface area contributed by atoms with Crippen molar-refractivity contribution in [3.63, 3.8) is 0 Å². The van der Waals surface area contributed by atoms with Gasteiger partial charge in [0.2, 0.25) is 11.8 Å². The number of amides is 2. The summed E-state index contributed by atoms with van der Waals surface area (Å²) in [5, 5.41) is 0. The van der Waals surface area contributed by atoms with Crippen molar-refractivity contribution in [1.29, 1.82) is 0 Å². The van der Waals surface area contributed by atoms with Crippen molar-refractivity contribution in [1.82, 2.24) is 14.9 Å². The predicted octanol–water partition coefficient (Wildman–Crippen LogP) is 0.593. The summed E-state index contributed by atoms with van der Waals surface area (Å²) in [5.41, 5.74) is 0.837. The molecule has 17 heavy (non-hydrogen) atoms. The molecule has 2 fully saturated rings. The maximum atomic E-state index is 12.0. The number of likely N-dealkylation sites (tertiary alicyclic amines) is 1. The summed E-state index contributed by atoms with van der Waals surface area (Å²) in [6.45, 7) is 4.44. The van der Waals surface area contributed by atoms with Gasteiger partial charge in [0, 0.05) is 24.9 Å². The summed E-state index contributed by atoms with van der Waals surface area (Å²) in [4.78, 5) is 32.3. The first-order chi connectivity index (χ1) is 8.03. The average molecular weight is 233 g/mol. The molecule has 2 amide bonds. The van der Waals surface area contributed by atoms with Crippen LogP contribution in [0.1, 0.15) is 19.5 Å². The molecule has 2 unspecified atom stereocenters. The fourth-order valence-electron chi connectivity index (χ4n) is 2.88. The number of hydrogen-bond acceptors (Lipinski definition) is 3. The molecule has 5 heteroatoms. The van der Waals surface area contributed by atoms with Crippen molar-refractivity contribution in [3.8, 4) is 0 Å². The van der Waals surface area contributed by atoms with Crippen molar-refractivity contribution in [2.24, 2.45) is 17.3 Å². The van der Waals surface area contributed by atoms with Gasteiger partial charge in [0.15, 0.2) is 0 Å². The third kappa shape index (κ3) is 1.34. The van der Waals surface area contributed by atoms with Crippen molar-refractivity contribution >= 4 is 11.8 Å². The number of hydrogen-bond donors (Lipinski definition) is 1. The third-order valence-electron chi connectivity index (χ3n) is 4.05. The van der Waals surface area contributed by atoms with Crippen LogP contribution in [0.4, 0.5) is 0 Å². The van der Waals surface area contributed by atoms with Gasteiger partial charge < -0.3 is 4.98 Å². The van der Waals surface area contributed by atoms with E-state index in [1.165, 1.54) is 4.90 Å². The first-order valence-corrected chi connectivity index (χ1v) is 5.86. The Bertz CT molecular complexity index is 454. The molecule has 0 aromatic carbocycles. The minimum absolute atomic E-state index is 0.00418. The van der Waals surface area contributed by atoms with Gasteiger partial charge in [-0.1, -0.05) is 13.8 Å². The Morgan fingerprint density at radius 1 is 1.35 bits per heavy atom. The molecule has 1 aliphatic carbocycles. The fourth-order valence-corrected chi connectivity index (χ4v) is 2.88. The van der Waals surface area contributed by atoms with Gasteiger partial charge in [-0.15, -0.1) is 0 Å². The lowest BCUT2D eigenvalue weighted by atomic mass is 10.1. The second-order valence-corrected chi connectivity index (χ2v) is 5.43. The summed E-state index contributed by atoms with van der Waals surface area (Å²) in [7, 11) is 0. The third-order valence-corrected chi connectivity index (χ3v) is 4.05. The zero-order valence-corrected chi connectivity index (χ0v) is 9.93. The van der Waals surface area contributed by atoms with E-state index >= 15 is 0 Å². The quantitative estimate of drug-likeness (QED) is 0.777. The molecule has 1 saturated heterocycles. The second-order valence-electron chi connectivity index (χ2n) is 5.43. The number of nitrogens with zero attached hydrogens (tertiary/aromatic N) is 2. The van der Waals surface area contributed by atoms with E-state index in [0.717, 1.165) is 5.69 Å². The van der Waals surface area contributed by atoms with Crippen LogP contribution in [0, 0.1) is 17.3 Å². The van der Waals surface area contributed by atoms with Gasteiger partial charge in [0.25, 0.3) is 0 Å². The van der Waals surface area contributed by atoms with Gasteiger partial charge in [0.1, 0.15) is 0 Å². The smallest absolute Gasteiger partial charge is 0.233 e. The molecule has 2 aliphatic rings. The Balaban J connectivity index is 1.67. The number of H-pyrrole nitrogens is 1. The SMILES string of the molecule is CC1(C)C2C(=O)N(CCc3cnc[nH]3)C(=O)C21. The standard InChI is InChI=1S/C12H15N3O2/c1-12(2)8-9(12)11(17)15(10(8)16)4-3-7-5-13-6-14-7/h5-6,8-9H,3-4H2,1-2H3,(H,13,14). The molecule has 2 atom stereocenters. The highest BCUT2D eigenvalue weighted by atomic mass is 16.2. The van der Waals surface area contributed by atoms with E-state index < -0.39 is 0 Å². The van der Waals surface area contributed by atoms with E-state index in [9.17, 15) is 9.59 Å². The predicted molar refractivity (Wildman–Crippen MR) is 59.8 cm³/mol. The molecule has 1 aromatic rings. The van der Waals surface area contributed by atoms with E-state index in [1.54, 1.807) is 12.5 Å². The van der Waals surface area contributed by atoms with E-state index in [4.69, 9.17) is 0 Å². The monoisotopic (exact) mass is 233 g/mol. The first kappa shape index (κ1) is 10.5. The van der Waals surface area contributed by atoms with Crippen LogP contribution < -0.4 is 0 Å². The topological polar surface area (TPSA) is 66.1 Å². The number of imide groups is 1. The molecular weight excluding hydrogens is 218 g/mol. The number of carbonyl (C=O) groups is 2. The number of piperidine rings is 1. The van der Waals surface area contributed by atoms with Gasteiger partial charge in [-0.2, -0.15) is 0 Å². The summed E-state index contributed by atoms with van der Waals surface area (Å²) >= 11 is 0. The zero-order chi connectivity index (χ0) is 12.2. The molecule has 5 nitrogen and oxygen atoms in total. The van der Waals surface area contributed by atoms with Crippen molar-refractivity contribution < 1.29 is 9.59 Å². The van der Waals surface area contributed by atoms with Crippen LogP contribution in [0.5, 0.6) is 0 Å². The molecule has 0 radical (unpaired) electrons. The number of aromatic nitrogens is 2. The summed E-state index contributed by atoms with van der Waals surface area (Å²) in [6.07, 6.45) is 3.97. The molecule has 0 bridgehead atoms. The number of imidazole rings is 1. The molecular formula is C12H15N3O2. The summed E-state index contributed by atoms with van der Waals surface area (Å²) < 4.78 is 0. The van der Waals surface area contributed by atoms with Gasteiger partial charge in [-0.3, -0.25) is 14.5 Å². The number of fused-ring (bicyclic) bond motifs is 1. The minimum Gasteiger partial charge on any atom is -0.348 e. The Morgan fingerprint density at radius 3 is 2.53 bits per heavy atom. The molecule has 0 spiro atoms. The highest BCUT2D eigenvalue weighted by Gasteiger charge is 2.72. The van der Waals surface area contributed by atoms with Crippen LogP contribution in [-0.2, 0) is 16.0 Å². The normalized spacial score (nSPS) is 29.6. The first-order valence-electron chi connectivity index (χ1n) is 5.86. The number of aromatic amines is 1. The van der Waals surface area contributed by atoms with Crippen LogP contribution in [0.15, 0.2) is 12.5 Å². The molecule has 1 N–H and O–H groups in total. The van der Waals surface area contributed by atoms with Crippen LogP contribution in [0.3, 0.4) is 0 Å². The van der Waals surface area contributed by atoms with Crippen molar-refractivity contribution in [2.45, 2.75) is 20.3 Å². The fraction of sp³-hybridized carbons (Fsp3) is 0.583. The Labute approximate surface area is 99.2 Å². The Kier molecular flexibility index (Phi) is 1.97. The van der Waals surface area contributed by atoms with Crippen LogP contribution in [0.2, 0.25) is 0 Å². The van der Waals surface area contributed by atoms with E-state index in [-0.39, 0.29) is 29.1 Å². The molecule has 2 heterocycles. The Hall–Kier alpha value is -1.65. The zero-order valence-electron chi connectivity index (χ0n) is 9.93. The Morgan fingerprint density at radius 2 is 2.00 bits per heavy atom. The maximum absolute atomic E-state index is 12.0. The lowest BCUT2D eigenvalue weighted by molar-refractivity contribution is -0.142. The molecule has 1 aromatic heterocycles. The van der Waals surface area contributed by atoms with E-state index in [1.807, 2.05) is 13.8 Å². The van der Waals surface area contributed by atoms with Crippen LogP contribution in [-0.4, -0.2) is 33.2 Å². The van der Waals surface area contributed by atoms with Gasteiger partial charge in [-0.25, -0.2) is 4.98 Å². The average Bonchev–Trinajstić information content (AvgIpc) is 2.67. The van der Waals surface area contributed by atoms with Gasteiger partial charge in [0.05, 0.1) is 18.2 Å². The van der Waals surface area contributed by atoms with E-state index in [2.05, 4.69) is 9.97 Å². The highest BCUT2D eigenvalue weighted by molar-refractivity contribution is 6.10. The number of nitrogens with one attached hydrogen (secondary N) is 1. The second kappa shape index (κ2) is 3.18. The number of carbonyl (C=O) groups excluding carboxylic acids is 2.